The molecule has 0 aliphatic carbocycles. The Kier molecular flexibility index (Phi) is 21.1. The first kappa shape index (κ1) is 18.2. The van der Waals surface area contributed by atoms with E-state index in [4.69, 9.17) is 15.3 Å². The van der Waals surface area contributed by atoms with Crippen LogP contribution in [0.5, 0.6) is 0 Å². The zero-order valence-electron chi connectivity index (χ0n) is 7.36. The van der Waals surface area contributed by atoms with E-state index in [1.165, 1.54) is 6.92 Å². The molecule has 0 heterocycles. The van der Waals surface area contributed by atoms with Gasteiger partial charge in [0, 0.05) is 5.97 Å². The standard InChI is InChI=1S/C3H8O3.C3H6O2.Na/c4-1-3(6)2-5;1-2-3(4)5;/h3-6H,1-2H2;2H2,1H3,(H,4,5);/q;;+1/p-1. The fourth-order valence-electron chi connectivity index (χ4n) is 0.0577. The third-order valence-corrected chi connectivity index (χ3v) is 0.710. The van der Waals surface area contributed by atoms with E-state index < -0.39 is 12.1 Å². The molecule has 0 radical (unpaired) electrons. The van der Waals surface area contributed by atoms with Crippen LogP contribution in [0.3, 0.4) is 0 Å². The molecule has 0 saturated heterocycles. The average molecular weight is 188 g/mol. The van der Waals surface area contributed by atoms with Gasteiger partial charge in [-0.3, -0.25) is 0 Å². The number of carbonyl (C=O) groups is 1. The molecule has 0 aliphatic rings. The molecule has 0 spiro atoms. The summed E-state index contributed by atoms with van der Waals surface area (Å²) in [5.74, 6) is -0.995. The maximum absolute atomic E-state index is 9.26. The average Bonchev–Trinajstić information content (AvgIpc) is 2.04. The molecule has 0 amide bonds. The number of hydrogen-bond donors (Lipinski definition) is 3. The van der Waals surface area contributed by atoms with Gasteiger partial charge in [-0.25, -0.2) is 0 Å². The normalized spacial score (nSPS) is 8.08. The minimum Gasteiger partial charge on any atom is -0.550 e. The van der Waals surface area contributed by atoms with Gasteiger partial charge >= 0.3 is 29.6 Å². The third kappa shape index (κ3) is 22.4. The first-order valence-corrected chi connectivity index (χ1v) is 3.18. The number of hydrogen-bond acceptors (Lipinski definition) is 5. The van der Waals surface area contributed by atoms with Gasteiger partial charge < -0.3 is 25.2 Å². The molecule has 0 unspecified atom stereocenters. The SMILES string of the molecule is CCC(=O)[O-].OCC(O)CO.[Na+]. The summed E-state index contributed by atoms with van der Waals surface area (Å²) >= 11 is 0. The van der Waals surface area contributed by atoms with Crippen molar-refractivity contribution in [3.05, 3.63) is 0 Å². The molecule has 0 atom stereocenters. The maximum Gasteiger partial charge on any atom is 1.00 e. The molecular weight excluding hydrogens is 175 g/mol. The molecule has 12 heavy (non-hydrogen) atoms. The van der Waals surface area contributed by atoms with Gasteiger partial charge in [0.2, 0.25) is 0 Å². The molecule has 0 aliphatic heterocycles. The van der Waals surface area contributed by atoms with Crippen LogP contribution in [0.4, 0.5) is 0 Å². The minimum atomic E-state index is -0.995. The Bertz CT molecular complexity index is 93.9. The summed E-state index contributed by atoms with van der Waals surface area (Å²) < 4.78 is 0. The first-order chi connectivity index (χ1) is 5.08. The maximum atomic E-state index is 9.26. The zero-order chi connectivity index (χ0) is 9.28. The van der Waals surface area contributed by atoms with Crippen molar-refractivity contribution in [2.45, 2.75) is 19.4 Å². The topological polar surface area (TPSA) is 101 Å². The molecule has 0 saturated carbocycles. The number of carbonyl (C=O) groups excluding carboxylic acids is 1. The molecular formula is C6H13NaO5. The molecule has 6 heteroatoms. The second-order valence-corrected chi connectivity index (χ2v) is 1.74. The van der Waals surface area contributed by atoms with Crippen LogP contribution >= 0.6 is 0 Å². The van der Waals surface area contributed by atoms with E-state index in [9.17, 15) is 9.90 Å². The van der Waals surface area contributed by atoms with Crippen LogP contribution in [0.15, 0.2) is 0 Å². The van der Waals surface area contributed by atoms with Crippen LogP contribution in [0, 0.1) is 0 Å². The monoisotopic (exact) mass is 188 g/mol. The van der Waals surface area contributed by atoms with E-state index in [1.807, 2.05) is 0 Å². The molecule has 5 nitrogen and oxygen atoms in total. The first-order valence-electron chi connectivity index (χ1n) is 3.18. The summed E-state index contributed by atoms with van der Waals surface area (Å²) in [4.78, 5) is 9.26. The van der Waals surface area contributed by atoms with E-state index in [0.29, 0.717) is 0 Å². The fourth-order valence-corrected chi connectivity index (χ4v) is 0.0577. The van der Waals surface area contributed by atoms with Crippen LogP contribution in [0.1, 0.15) is 13.3 Å². The molecule has 68 valence electrons. The Morgan fingerprint density at radius 3 is 1.67 bits per heavy atom. The summed E-state index contributed by atoms with van der Waals surface area (Å²) in [5.41, 5.74) is 0. The Balaban J connectivity index is -0.000000126. The zero-order valence-corrected chi connectivity index (χ0v) is 9.36. The van der Waals surface area contributed by atoms with Crippen LogP contribution < -0.4 is 34.7 Å². The van der Waals surface area contributed by atoms with E-state index in [2.05, 4.69) is 0 Å². The number of carboxylic acid groups (broad SMARTS) is 1. The van der Waals surface area contributed by atoms with Crippen molar-refractivity contribution < 1.29 is 54.8 Å². The number of aliphatic carboxylic acids is 1. The molecule has 0 aromatic rings. The van der Waals surface area contributed by atoms with E-state index in [0.717, 1.165) is 0 Å². The Morgan fingerprint density at radius 2 is 1.67 bits per heavy atom. The van der Waals surface area contributed by atoms with Gasteiger partial charge in [0.1, 0.15) is 6.10 Å². The van der Waals surface area contributed by atoms with Crippen LogP contribution in [0.25, 0.3) is 0 Å². The molecule has 0 fully saturated rings. The van der Waals surface area contributed by atoms with Gasteiger partial charge in [-0.1, -0.05) is 6.92 Å². The van der Waals surface area contributed by atoms with E-state index in [-0.39, 0.29) is 49.2 Å². The molecule has 0 aromatic heterocycles. The summed E-state index contributed by atoms with van der Waals surface area (Å²) in [6.07, 6.45) is -0.843. The summed E-state index contributed by atoms with van der Waals surface area (Å²) in [6.45, 7) is 0.808. The van der Waals surface area contributed by atoms with Gasteiger partial charge in [-0.2, -0.15) is 0 Å². The molecule has 0 rings (SSSR count). The molecule has 0 aromatic carbocycles. The second kappa shape index (κ2) is 13.9. The smallest absolute Gasteiger partial charge is 0.550 e. The van der Waals surface area contributed by atoms with Crippen molar-refractivity contribution in [3.63, 3.8) is 0 Å². The van der Waals surface area contributed by atoms with Gasteiger partial charge in [0.05, 0.1) is 13.2 Å². The molecule has 0 bridgehead atoms. The van der Waals surface area contributed by atoms with E-state index in [1.54, 1.807) is 0 Å². The number of aliphatic hydroxyl groups excluding tert-OH is 3. The van der Waals surface area contributed by atoms with Crippen molar-refractivity contribution in [1.29, 1.82) is 0 Å². The van der Waals surface area contributed by atoms with Crippen molar-refractivity contribution in [1.82, 2.24) is 0 Å². The third-order valence-electron chi connectivity index (χ3n) is 0.710. The van der Waals surface area contributed by atoms with Crippen molar-refractivity contribution >= 4 is 5.97 Å². The summed E-state index contributed by atoms with van der Waals surface area (Å²) in [6, 6.07) is 0. The van der Waals surface area contributed by atoms with E-state index >= 15 is 0 Å². The Hall–Kier alpha value is 0.350. The Morgan fingerprint density at radius 1 is 1.42 bits per heavy atom. The Labute approximate surface area is 93.3 Å². The quantitative estimate of drug-likeness (QED) is 0.383. The largest absolute Gasteiger partial charge is 1.00 e. The van der Waals surface area contributed by atoms with Crippen LogP contribution in [-0.4, -0.2) is 40.6 Å². The van der Waals surface area contributed by atoms with Crippen molar-refractivity contribution in [3.8, 4) is 0 Å². The van der Waals surface area contributed by atoms with Gasteiger partial charge in [-0.15, -0.1) is 0 Å². The fraction of sp³-hybridized carbons (Fsp3) is 0.833. The van der Waals surface area contributed by atoms with Crippen molar-refractivity contribution in [2.24, 2.45) is 0 Å². The minimum absolute atomic E-state index is 0. The number of rotatable bonds is 3. The summed E-state index contributed by atoms with van der Waals surface area (Å²) in [7, 11) is 0. The van der Waals surface area contributed by atoms with Gasteiger partial charge in [0.15, 0.2) is 0 Å². The molecule has 3 N–H and O–H groups in total. The number of aliphatic hydroxyl groups is 3. The van der Waals surface area contributed by atoms with Crippen LogP contribution in [-0.2, 0) is 4.79 Å². The predicted octanol–water partition coefficient (Wildman–Crippen LogP) is -5.52. The van der Waals surface area contributed by atoms with Crippen molar-refractivity contribution in [2.75, 3.05) is 13.2 Å². The van der Waals surface area contributed by atoms with Crippen LogP contribution in [0.2, 0.25) is 0 Å². The summed E-state index contributed by atoms with van der Waals surface area (Å²) in [5, 5.41) is 33.3. The second-order valence-electron chi connectivity index (χ2n) is 1.74. The van der Waals surface area contributed by atoms with Gasteiger partial charge in [0.25, 0.3) is 0 Å². The van der Waals surface area contributed by atoms with Gasteiger partial charge in [-0.05, 0) is 6.42 Å². The predicted molar refractivity (Wildman–Crippen MR) is 35.5 cm³/mol. The number of carboxylic acids is 1.